The Kier molecular flexibility index (Phi) is 7.09. The molecule has 0 aromatic carbocycles. The van der Waals surface area contributed by atoms with E-state index in [0.717, 1.165) is 0 Å². The number of carbonyl (C=O) groups excluding carboxylic acids is 1. The summed E-state index contributed by atoms with van der Waals surface area (Å²) in [5.74, 6) is -8.57. The van der Waals surface area contributed by atoms with Crippen LogP contribution in [-0.4, -0.2) is 35.6 Å². The predicted molar refractivity (Wildman–Crippen MR) is 57.8 cm³/mol. The second kappa shape index (κ2) is 7.25. The molecular weight excluding hydrogens is 282 g/mol. The van der Waals surface area contributed by atoms with E-state index in [1.54, 1.807) is 0 Å². The normalized spacial score (nSPS) is 14.6. The number of alkyl halides is 6. The zero-order valence-electron chi connectivity index (χ0n) is 9.70. The molecule has 0 aliphatic carbocycles. The Balaban J connectivity index is 4.25. The van der Waals surface area contributed by atoms with Crippen LogP contribution in [0, 0.1) is 0 Å². The van der Waals surface area contributed by atoms with E-state index in [2.05, 4.69) is 0 Å². The minimum Gasteiger partial charge on any atom is -0.287 e. The molecule has 0 aromatic rings. The van der Waals surface area contributed by atoms with Gasteiger partial charge in [-0.25, -0.2) is 26.3 Å². The van der Waals surface area contributed by atoms with Crippen LogP contribution in [0.2, 0.25) is 0 Å². The van der Waals surface area contributed by atoms with E-state index in [1.165, 1.54) is 6.92 Å². The first-order chi connectivity index (χ1) is 8.14. The molecule has 0 aliphatic rings. The Bertz CT molecular complexity index is 271. The average Bonchev–Trinajstić information content (AvgIpc) is 2.25. The molecule has 1 atom stereocenters. The Morgan fingerprint density at radius 3 is 2.28 bits per heavy atom. The van der Waals surface area contributed by atoms with Gasteiger partial charge in [0.1, 0.15) is 6.67 Å². The van der Waals surface area contributed by atoms with Crippen molar-refractivity contribution in [3.05, 3.63) is 0 Å². The van der Waals surface area contributed by atoms with Crippen molar-refractivity contribution >= 4 is 16.9 Å². The zero-order valence-corrected chi connectivity index (χ0v) is 10.5. The number of hydrogen-bond donors (Lipinski definition) is 0. The average molecular weight is 296 g/mol. The van der Waals surface area contributed by atoms with Gasteiger partial charge in [-0.05, 0) is 0 Å². The van der Waals surface area contributed by atoms with Crippen molar-refractivity contribution in [3.63, 3.8) is 0 Å². The lowest BCUT2D eigenvalue weighted by Gasteiger charge is -2.24. The molecular formula is C10H14F6OS. The maximum Gasteiger partial charge on any atom is 0.287 e. The van der Waals surface area contributed by atoms with Crippen molar-refractivity contribution < 1.29 is 31.1 Å². The number of rotatable bonds is 8. The maximum atomic E-state index is 13.1. The Morgan fingerprint density at radius 2 is 1.83 bits per heavy atom. The molecule has 0 rings (SSSR count). The molecule has 18 heavy (non-hydrogen) atoms. The first-order valence-corrected chi connectivity index (χ1v) is 6.24. The molecule has 108 valence electrons. The quantitative estimate of drug-likeness (QED) is 0.629. The van der Waals surface area contributed by atoms with Crippen molar-refractivity contribution in [3.8, 4) is 0 Å². The summed E-state index contributed by atoms with van der Waals surface area (Å²) in [6.45, 7) is -0.470. The van der Waals surface area contributed by atoms with E-state index in [9.17, 15) is 31.1 Å². The van der Waals surface area contributed by atoms with Crippen LogP contribution in [0.5, 0.6) is 0 Å². The largest absolute Gasteiger partial charge is 0.287 e. The lowest BCUT2D eigenvalue weighted by molar-refractivity contribution is -0.149. The second-order valence-electron chi connectivity index (χ2n) is 3.74. The van der Waals surface area contributed by atoms with Gasteiger partial charge in [0.25, 0.3) is 11.8 Å². The smallest absolute Gasteiger partial charge is 0.287 e. The molecule has 0 amide bonds. The Morgan fingerprint density at radius 1 is 1.28 bits per heavy atom. The van der Waals surface area contributed by atoms with Crippen molar-refractivity contribution in [2.75, 3.05) is 12.4 Å². The van der Waals surface area contributed by atoms with Gasteiger partial charge >= 0.3 is 0 Å². The Hall–Kier alpha value is -0.400. The molecule has 0 aliphatic heterocycles. The van der Waals surface area contributed by atoms with E-state index in [4.69, 9.17) is 0 Å². The van der Waals surface area contributed by atoms with Gasteiger partial charge < -0.3 is 0 Å². The highest BCUT2D eigenvalue weighted by molar-refractivity contribution is 8.13. The molecule has 1 nitrogen and oxygen atoms in total. The topological polar surface area (TPSA) is 17.1 Å². The number of carbonyl (C=O) groups is 1. The summed E-state index contributed by atoms with van der Waals surface area (Å²) in [6.07, 6.45) is -6.10. The van der Waals surface area contributed by atoms with Crippen LogP contribution in [0.25, 0.3) is 0 Å². The van der Waals surface area contributed by atoms with E-state index in [0.29, 0.717) is 11.8 Å². The molecule has 0 spiro atoms. The standard InChI is InChI=1S/C10H14F6OS/c1-2-8(17)18-4-3-9(13,14)6-10(15,16)7(12)5-11/h7H,2-6H2,1H3. The Labute approximate surface area is 105 Å². The fourth-order valence-corrected chi connectivity index (χ4v) is 1.91. The van der Waals surface area contributed by atoms with Gasteiger partial charge in [-0.15, -0.1) is 0 Å². The molecule has 8 heteroatoms. The molecule has 0 N–H and O–H groups in total. The highest BCUT2D eigenvalue weighted by atomic mass is 32.2. The summed E-state index contributed by atoms with van der Waals surface area (Å²) in [5.41, 5.74) is 0. The molecule has 0 saturated carbocycles. The van der Waals surface area contributed by atoms with Crippen molar-refractivity contribution in [1.82, 2.24) is 0 Å². The van der Waals surface area contributed by atoms with Gasteiger partial charge in [0.15, 0.2) is 11.3 Å². The lowest BCUT2D eigenvalue weighted by atomic mass is 10.0. The van der Waals surface area contributed by atoms with Crippen LogP contribution in [-0.2, 0) is 4.79 Å². The van der Waals surface area contributed by atoms with Crippen molar-refractivity contribution in [2.24, 2.45) is 0 Å². The van der Waals surface area contributed by atoms with Crippen LogP contribution in [0.3, 0.4) is 0 Å². The predicted octanol–water partition coefficient (Wildman–Crippen LogP) is 4.01. The van der Waals surface area contributed by atoms with E-state index in [-0.39, 0.29) is 17.3 Å². The van der Waals surface area contributed by atoms with Gasteiger partial charge in [0.05, 0.1) is 6.42 Å². The maximum absolute atomic E-state index is 13.1. The summed E-state index contributed by atoms with van der Waals surface area (Å²) >= 11 is 0.612. The summed E-state index contributed by atoms with van der Waals surface area (Å²) < 4.78 is 75.9. The monoisotopic (exact) mass is 296 g/mol. The van der Waals surface area contributed by atoms with Crippen LogP contribution >= 0.6 is 11.8 Å². The minimum atomic E-state index is -4.41. The van der Waals surface area contributed by atoms with Crippen LogP contribution in [0.15, 0.2) is 0 Å². The summed E-state index contributed by atoms with van der Waals surface area (Å²) in [4.78, 5) is 10.8. The molecule has 0 bridgehead atoms. The molecule has 0 heterocycles. The number of thioether (sulfide) groups is 1. The first kappa shape index (κ1) is 17.6. The highest BCUT2D eigenvalue weighted by Gasteiger charge is 2.48. The molecule has 0 radical (unpaired) electrons. The van der Waals surface area contributed by atoms with E-state index in [1.807, 2.05) is 0 Å². The summed E-state index contributed by atoms with van der Waals surface area (Å²) in [7, 11) is 0. The number of halogens is 6. The summed E-state index contributed by atoms with van der Waals surface area (Å²) in [5, 5.41) is -0.329. The third-order valence-electron chi connectivity index (χ3n) is 2.11. The molecule has 0 fully saturated rings. The van der Waals surface area contributed by atoms with Crippen molar-refractivity contribution in [2.45, 2.75) is 44.2 Å². The molecule has 1 unspecified atom stereocenters. The van der Waals surface area contributed by atoms with Crippen molar-refractivity contribution in [1.29, 1.82) is 0 Å². The van der Waals surface area contributed by atoms with Gasteiger partial charge in [-0.1, -0.05) is 18.7 Å². The van der Waals surface area contributed by atoms with Crippen LogP contribution in [0.4, 0.5) is 26.3 Å². The first-order valence-electron chi connectivity index (χ1n) is 5.26. The minimum absolute atomic E-state index is 0.154. The van der Waals surface area contributed by atoms with Gasteiger partial charge in [0, 0.05) is 18.6 Å². The zero-order chi connectivity index (χ0) is 14.4. The van der Waals surface area contributed by atoms with E-state index < -0.39 is 37.5 Å². The van der Waals surface area contributed by atoms with Crippen LogP contribution < -0.4 is 0 Å². The van der Waals surface area contributed by atoms with Gasteiger partial charge in [0.2, 0.25) is 0 Å². The second-order valence-corrected chi connectivity index (χ2v) is 4.89. The SMILES string of the molecule is CCC(=O)SCCC(F)(F)CC(F)(F)C(F)CF. The summed E-state index contributed by atoms with van der Waals surface area (Å²) in [6, 6.07) is 0. The van der Waals surface area contributed by atoms with Gasteiger partial charge in [-0.3, -0.25) is 4.79 Å². The van der Waals surface area contributed by atoms with Crippen LogP contribution in [0.1, 0.15) is 26.2 Å². The molecule has 0 aromatic heterocycles. The fraction of sp³-hybridized carbons (Fsp3) is 0.900. The lowest BCUT2D eigenvalue weighted by Crippen LogP contribution is -2.38. The fourth-order valence-electron chi connectivity index (χ4n) is 1.07. The molecule has 0 saturated heterocycles. The number of hydrogen-bond acceptors (Lipinski definition) is 2. The highest BCUT2D eigenvalue weighted by Crippen LogP contribution is 2.37. The van der Waals surface area contributed by atoms with Gasteiger partial charge in [-0.2, -0.15) is 0 Å². The third kappa shape index (κ3) is 6.51. The van der Waals surface area contributed by atoms with E-state index >= 15 is 0 Å². The third-order valence-corrected chi connectivity index (χ3v) is 3.13.